The van der Waals surface area contributed by atoms with Gasteiger partial charge in [0.05, 0.1) is 13.2 Å². The van der Waals surface area contributed by atoms with Gasteiger partial charge in [-0.3, -0.25) is 14.9 Å². The Balaban J connectivity index is 2.10. The molecule has 1 atom stereocenters. The van der Waals surface area contributed by atoms with Crippen LogP contribution in [0.2, 0.25) is 0 Å². The van der Waals surface area contributed by atoms with Gasteiger partial charge < -0.3 is 9.64 Å². The molecule has 1 heterocycles. The van der Waals surface area contributed by atoms with E-state index in [1.54, 1.807) is 18.9 Å². The second-order valence-corrected chi connectivity index (χ2v) is 4.08. The topological polar surface area (TPSA) is 58.6 Å². The molecule has 0 saturated carbocycles. The third-order valence-corrected chi connectivity index (χ3v) is 2.94. The van der Waals surface area contributed by atoms with E-state index in [2.05, 4.69) is 5.32 Å². The Morgan fingerprint density at radius 1 is 1.44 bits per heavy atom. The SMILES string of the molecule is CCOC(=O)CNC1C(=O)N(C)c2ccccc21. The molecule has 1 unspecified atom stereocenters. The first-order valence-corrected chi connectivity index (χ1v) is 5.90. The van der Waals surface area contributed by atoms with Crippen molar-refractivity contribution >= 4 is 17.6 Å². The van der Waals surface area contributed by atoms with Crippen LogP contribution in [0.15, 0.2) is 24.3 Å². The molecule has 1 aromatic carbocycles. The molecule has 5 heteroatoms. The summed E-state index contributed by atoms with van der Waals surface area (Å²) < 4.78 is 4.83. The smallest absolute Gasteiger partial charge is 0.319 e. The van der Waals surface area contributed by atoms with Crippen molar-refractivity contribution in [1.82, 2.24) is 5.32 Å². The van der Waals surface area contributed by atoms with E-state index in [1.165, 1.54) is 0 Å². The van der Waals surface area contributed by atoms with E-state index in [9.17, 15) is 9.59 Å². The normalized spacial score (nSPS) is 17.8. The summed E-state index contributed by atoms with van der Waals surface area (Å²) in [5, 5.41) is 2.94. The number of ether oxygens (including phenoxy) is 1. The number of carbonyl (C=O) groups is 2. The molecule has 1 aliphatic heterocycles. The number of hydrogen-bond donors (Lipinski definition) is 1. The minimum atomic E-state index is -0.462. The van der Waals surface area contributed by atoms with Crippen molar-refractivity contribution in [3.63, 3.8) is 0 Å². The zero-order valence-corrected chi connectivity index (χ0v) is 10.5. The predicted octanol–water partition coefficient (Wildman–Crippen LogP) is 0.857. The number of anilines is 1. The van der Waals surface area contributed by atoms with Gasteiger partial charge in [-0.05, 0) is 13.0 Å². The molecule has 5 nitrogen and oxygen atoms in total. The maximum Gasteiger partial charge on any atom is 0.319 e. The highest BCUT2D eigenvalue weighted by atomic mass is 16.5. The largest absolute Gasteiger partial charge is 0.465 e. The first-order chi connectivity index (χ1) is 8.65. The predicted molar refractivity (Wildman–Crippen MR) is 67.2 cm³/mol. The lowest BCUT2D eigenvalue weighted by Crippen LogP contribution is -2.35. The van der Waals surface area contributed by atoms with Crippen LogP contribution in [0.1, 0.15) is 18.5 Å². The van der Waals surface area contributed by atoms with Gasteiger partial charge in [0.15, 0.2) is 0 Å². The number of carbonyl (C=O) groups excluding carboxylic acids is 2. The Morgan fingerprint density at radius 3 is 2.89 bits per heavy atom. The molecule has 2 rings (SSSR count). The Kier molecular flexibility index (Phi) is 3.62. The highest BCUT2D eigenvalue weighted by molar-refractivity contribution is 6.04. The monoisotopic (exact) mass is 248 g/mol. The molecule has 0 saturated heterocycles. The molecule has 0 spiro atoms. The summed E-state index contributed by atoms with van der Waals surface area (Å²) >= 11 is 0. The van der Waals surface area contributed by atoms with Crippen LogP contribution in [0.3, 0.4) is 0 Å². The van der Waals surface area contributed by atoms with Gasteiger partial charge in [-0.25, -0.2) is 0 Å². The zero-order chi connectivity index (χ0) is 13.1. The molecule has 96 valence electrons. The summed E-state index contributed by atoms with van der Waals surface area (Å²) in [5.74, 6) is -0.405. The lowest BCUT2D eigenvalue weighted by atomic mass is 10.1. The molecule has 0 aliphatic carbocycles. The maximum atomic E-state index is 12.0. The molecule has 18 heavy (non-hydrogen) atoms. The molecule has 0 bridgehead atoms. The summed E-state index contributed by atoms with van der Waals surface area (Å²) in [5.41, 5.74) is 1.78. The molecule has 0 fully saturated rings. The van der Waals surface area contributed by atoms with Gasteiger partial charge in [0.2, 0.25) is 5.91 Å². The first-order valence-electron chi connectivity index (χ1n) is 5.90. The number of likely N-dealkylation sites (N-methyl/N-ethyl adjacent to an activating group) is 1. The van der Waals surface area contributed by atoms with E-state index in [1.807, 2.05) is 24.3 Å². The van der Waals surface area contributed by atoms with Gasteiger partial charge in [-0.15, -0.1) is 0 Å². The Bertz CT molecular complexity index is 473. The molecule has 1 N–H and O–H groups in total. The number of fused-ring (bicyclic) bond motifs is 1. The van der Waals surface area contributed by atoms with Crippen LogP contribution in [0.4, 0.5) is 5.69 Å². The van der Waals surface area contributed by atoms with Crippen molar-refractivity contribution in [3.05, 3.63) is 29.8 Å². The summed E-state index contributed by atoms with van der Waals surface area (Å²) in [6, 6.07) is 7.08. The van der Waals surface area contributed by atoms with Crippen molar-refractivity contribution in [2.45, 2.75) is 13.0 Å². The number of hydrogen-bond acceptors (Lipinski definition) is 4. The van der Waals surface area contributed by atoms with Crippen LogP contribution < -0.4 is 10.2 Å². The number of benzene rings is 1. The Labute approximate surface area is 106 Å². The summed E-state index contributed by atoms with van der Waals surface area (Å²) in [6.07, 6.45) is 0. The summed E-state index contributed by atoms with van der Waals surface area (Å²) in [7, 11) is 1.73. The van der Waals surface area contributed by atoms with Crippen LogP contribution >= 0.6 is 0 Å². The number of esters is 1. The van der Waals surface area contributed by atoms with Gasteiger partial charge in [0.25, 0.3) is 0 Å². The fourth-order valence-electron chi connectivity index (χ4n) is 2.08. The zero-order valence-electron chi connectivity index (χ0n) is 10.5. The fourth-order valence-corrected chi connectivity index (χ4v) is 2.08. The lowest BCUT2D eigenvalue weighted by molar-refractivity contribution is -0.142. The molecule has 1 aliphatic rings. The average Bonchev–Trinajstić information content (AvgIpc) is 2.61. The highest BCUT2D eigenvalue weighted by Gasteiger charge is 2.34. The van der Waals surface area contributed by atoms with Crippen LogP contribution in [-0.4, -0.2) is 32.1 Å². The maximum absolute atomic E-state index is 12.0. The van der Waals surface area contributed by atoms with Gasteiger partial charge in [-0.1, -0.05) is 18.2 Å². The highest BCUT2D eigenvalue weighted by Crippen LogP contribution is 2.34. The number of nitrogens with one attached hydrogen (secondary N) is 1. The van der Waals surface area contributed by atoms with Crippen LogP contribution in [-0.2, 0) is 14.3 Å². The van der Waals surface area contributed by atoms with Gasteiger partial charge in [0, 0.05) is 18.3 Å². The fraction of sp³-hybridized carbons (Fsp3) is 0.385. The molecular formula is C13H16N2O3. The van der Waals surface area contributed by atoms with Gasteiger partial charge >= 0.3 is 5.97 Å². The van der Waals surface area contributed by atoms with Crippen LogP contribution in [0, 0.1) is 0 Å². The van der Waals surface area contributed by atoms with Crippen LogP contribution in [0.25, 0.3) is 0 Å². The number of amides is 1. The van der Waals surface area contributed by atoms with E-state index in [0.29, 0.717) is 6.61 Å². The molecule has 0 aromatic heterocycles. The third-order valence-electron chi connectivity index (χ3n) is 2.94. The summed E-state index contributed by atoms with van der Waals surface area (Å²) in [6.45, 7) is 2.13. The lowest BCUT2D eigenvalue weighted by Gasteiger charge is -2.12. The molecule has 1 amide bonds. The molecular weight excluding hydrogens is 232 g/mol. The minimum Gasteiger partial charge on any atom is -0.465 e. The van der Waals surface area contributed by atoms with E-state index in [-0.39, 0.29) is 18.4 Å². The van der Waals surface area contributed by atoms with E-state index < -0.39 is 6.04 Å². The van der Waals surface area contributed by atoms with Crippen molar-refractivity contribution in [2.24, 2.45) is 0 Å². The molecule has 1 aromatic rings. The minimum absolute atomic E-state index is 0.0341. The van der Waals surface area contributed by atoms with E-state index in [0.717, 1.165) is 11.3 Å². The van der Waals surface area contributed by atoms with Crippen molar-refractivity contribution in [2.75, 3.05) is 25.1 Å². The number of para-hydroxylation sites is 1. The summed E-state index contributed by atoms with van der Waals surface area (Å²) in [4.78, 5) is 24.9. The molecule has 0 radical (unpaired) electrons. The number of rotatable bonds is 4. The number of nitrogens with zero attached hydrogens (tertiary/aromatic N) is 1. The average molecular weight is 248 g/mol. The Hall–Kier alpha value is -1.88. The standard InChI is InChI=1S/C13H16N2O3/c1-3-18-11(16)8-14-12-9-6-4-5-7-10(9)15(2)13(12)17/h4-7,12,14H,3,8H2,1-2H3. The van der Waals surface area contributed by atoms with Crippen molar-refractivity contribution < 1.29 is 14.3 Å². The van der Waals surface area contributed by atoms with E-state index in [4.69, 9.17) is 4.74 Å². The second-order valence-electron chi connectivity index (χ2n) is 4.08. The van der Waals surface area contributed by atoms with Crippen LogP contribution in [0.5, 0.6) is 0 Å². The van der Waals surface area contributed by atoms with Crippen molar-refractivity contribution in [1.29, 1.82) is 0 Å². The van der Waals surface area contributed by atoms with Gasteiger partial charge in [0.1, 0.15) is 6.04 Å². The van der Waals surface area contributed by atoms with Gasteiger partial charge in [-0.2, -0.15) is 0 Å². The second kappa shape index (κ2) is 5.18. The van der Waals surface area contributed by atoms with E-state index >= 15 is 0 Å². The third kappa shape index (κ3) is 2.22. The Morgan fingerprint density at radius 2 is 2.17 bits per heavy atom. The quantitative estimate of drug-likeness (QED) is 0.803. The first kappa shape index (κ1) is 12.6. The van der Waals surface area contributed by atoms with Crippen molar-refractivity contribution in [3.8, 4) is 0 Å².